The summed E-state index contributed by atoms with van der Waals surface area (Å²) in [6.07, 6.45) is -6.13. The van der Waals surface area contributed by atoms with Crippen LogP contribution in [0, 0.1) is 0 Å². The molecule has 1 fully saturated rings. The highest BCUT2D eigenvalue weighted by Crippen LogP contribution is 2.23. The van der Waals surface area contributed by atoms with Gasteiger partial charge in [0.1, 0.15) is 0 Å². The molecule has 1 rings (SSSR count). The van der Waals surface area contributed by atoms with Crippen LogP contribution in [0.1, 0.15) is 6.92 Å². The summed E-state index contributed by atoms with van der Waals surface area (Å²) in [5, 5.41) is 2.83. The number of alkyl halides is 3. The molecule has 1 N–H and O–H groups in total. The molecule has 0 aliphatic carbocycles. The van der Waals surface area contributed by atoms with Crippen LogP contribution in [0.15, 0.2) is 0 Å². The molecular weight excluding hydrogens is 195 g/mol. The Morgan fingerprint density at radius 1 is 1.42 bits per heavy atom. The van der Waals surface area contributed by atoms with Crippen molar-refractivity contribution in [2.24, 2.45) is 0 Å². The number of hydrogen-bond acceptors (Lipinski definition) is 2. The van der Waals surface area contributed by atoms with Gasteiger partial charge in [0.05, 0.1) is 6.10 Å². The lowest BCUT2D eigenvalue weighted by Crippen LogP contribution is -2.51. The van der Waals surface area contributed by atoms with E-state index in [1.807, 2.05) is 0 Å². The molecule has 12 heavy (non-hydrogen) atoms. The zero-order valence-corrected chi connectivity index (χ0v) is 7.34. The van der Waals surface area contributed by atoms with E-state index in [4.69, 9.17) is 0 Å². The molecule has 0 amide bonds. The number of nitrogens with one attached hydrogen (secondary N) is 1. The summed E-state index contributed by atoms with van der Waals surface area (Å²) in [4.78, 5) is 0. The molecule has 2 nitrogen and oxygen atoms in total. The molecule has 1 heterocycles. The first-order chi connectivity index (χ1) is 5.00. The molecule has 0 aromatic heterocycles. The number of rotatable bonds is 2. The average Bonchev–Trinajstić information content (AvgIpc) is 1.75. The van der Waals surface area contributed by atoms with Crippen molar-refractivity contribution in [1.29, 1.82) is 0 Å². The van der Waals surface area contributed by atoms with Crippen LogP contribution >= 0.6 is 12.4 Å². The molecule has 74 valence electrons. The Kier molecular flexibility index (Phi) is 4.30. The van der Waals surface area contributed by atoms with Crippen molar-refractivity contribution in [2.45, 2.75) is 25.3 Å². The van der Waals surface area contributed by atoms with Crippen LogP contribution < -0.4 is 5.32 Å². The molecule has 0 radical (unpaired) electrons. The van der Waals surface area contributed by atoms with E-state index in [1.165, 1.54) is 0 Å². The van der Waals surface area contributed by atoms with Gasteiger partial charge in [-0.3, -0.25) is 0 Å². The van der Waals surface area contributed by atoms with E-state index >= 15 is 0 Å². The predicted molar refractivity (Wildman–Crippen MR) is 40.5 cm³/mol. The minimum absolute atomic E-state index is 0. The second-order valence-electron chi connectivity index (χ2n) is 2.60. The van der Waals surface area contributed by atoms with E-state index in [0.717, 1.165) is 6.92 Å². The predicted octanol–water partition coefficient (Wildman–Crippen LogP) is 1.35. The third kappa shape index (κ3) is 3.16. The molecule has 1 aliphatic heterocycles. The summed E-state index contributed by atoms with van der Waals surface area (Å²) in [5.41, 5.74) is 0. The summed E-state index contributed by atoms with van der Waals surface area (Å²) in [6, 6.07) is 0. The molecule has 1 saturated heterocycles. The van der Waals surface area contributed by atoms with Crippen molar-refractivity contribution in [2.75, 3.05) is 13.1 Å². The minimum atomic E-state index is -4.23. The zero-order chi connectivity index (χ0) is 8.48. The second kappa shape index (κ2) is 4.30. The van der Waals surface area contributed by atoms with Crippen molar-refractivity contribution in [1.82, 2.24) is 5.32 Å². The maximum atomic E-state index is 11.8. The first-order valence-electron chi connectivity index (χ1n) is 3.43. The summed E-state index contributed by atoms with van der Waals surface area (Å²) in [6.45, 7) is 2.08. The quantitative estimate of drug-likeness (QED) is 0.735. The topological polar surface area (TPSA) is 21.3 Å². The lowest BCUT2D eigenvalue weighted by Gasteiger charge is -2.30. The van der Waals surface area contributed by atoms with Gasteiger partial charge in [0.2, 0.25) is 0 Å². The van der Waals surface area contributed by atoms with E-state index in [0.29, 0.717) is 13.1 Å². The van der Waals surface area contributed by atoms with E-state index < -0.39 is 12.3 Å². The smallest absolute Gasteiger partial charge is 0.363 e. The number of halogens is 4. The van der Waals surface area contributed by atoms with Crippen molar-refractivity contribution in [3.8, 4) is 0 Å². The molecule has 1 unspecified atom stereocenters. The minimum Gasteiger partial charge on any atom is -0.363 e. The summed E-state index contributed by atoms with van der Waals surface area (Å²) >= 11 is 0. The number of hydrogen-bond donors (Lipinski definition) is 1. The van der Waals surface area contributed by atoms with Gasteiger partial charge in [-0.1, -0.05) is 0 Å². The SMILES string of the molecule is CC(OC1CNC1)C(F)(F)F.Cl. The van der Waals surface area contributed by atoms with Crippen LogP contribution in [0.25, 0.3) is 0 Å². The maximum Gasteiger partial charge on any atom is 0.414 e. The lowest BCUT2D eigenvalue weighted by atomic mass is 10.2. The van der Waals surface area contributed by atoms with Gasteiger partial charge < -0.3 is 10.1 Å². The van der Waals surface area contributed by atoms with Gasteiger partial charge in [-0.15, -0.1) is 12.4 Å². The molecule has 0 saturated carbocycles. The Morgan fingerprint density at radius 2 is 1.92 bits per heavy atom. The highest BCUT2D eigenvalue weighted by Gasteiger charge is 2.39. The molecule has 1 aliphatic rings. The third-order valence-electron chi connectivity index (χ3n) is 1.60. The fourth-order valence-electron chi connectivity index (χ4n) is 0.724. The van der Waals surface area contributed by atoms with E-state index in [2.05, 4.69) is 10.1 Å². The summed E-state index contributed by atoms with van der Waals surface area (Å²) in [7, 11) is 0. The Bertz CT molecular complexity index is 137. The fraction of sp³-hybridized carbons (Fsp3) is 1.00. The molecule has 0 bridgehead atoms. The average molecular weight is 206 g/mol. The van der Waals surface area contributed by atoms with E-state index in [-0.39, 0.29) is 18.5 Å². The fourth-order valence-corrected chi connectivity index (χ4v) is 0.724. The maximum absolute atomic E-state index is 11.8. The van der Waals surface area contributed by atoms with Crippen molar-refractivity contribution in [3.05, 3.63) is 0 Å². The van der Waals surface area contributed by atoms with Crippen LogP contribution in [-0.2, 0) is 4.74 Å². The van der Waals surface area contributed by atoms with Crippen molar-refractivity contribution < 1.29 is 17.9 Å². The molecule has 0 aromatic rings. The Balaban J connectivity index is 0.00000121. The second-order valence-corrected chi connectivity index (χ2v) is 2.60. The highest BCUT2D eigenvalue weighted by atomic mass is 35.5. The third-order valence-corrected chi connectivity index (χ3v) is 1.60. The van der Waals surface area contributed by atoms with E-state index in [9.17, 15) is 13.2 Å². The summed E-state index contributed by atoms with van der Waals surface area (Å²) < 4.78 is 40.1. The van der Waals surface area contributed by atoms with Gasteiger partial charge in [0.15, 0.2) is 6.10 Å². The van der Waals surface area contributed by atoms with Gasteiger partial charge in [0.25, 0.3) is 0 Å². The van der Waals surface area contributed by atoms with Crippen LogP contribution in [0.4, 0.5) is 13.2 Å². The Labute approximate surface area is 74.9 Å². The standard InChI is InChI=1S/C6H10F3NO.ClH/c1-4(6(7,8)9)11-5-2-10-3-5;/h4-5,10H,2-3H2,1H3;1H. The Morgan fingerprint density at radius 3 is 2.17 bits per heavy atom. The Hall–Kier alpha value is -0.0000000000000000555. The van der Waals surface area contributed by atoms with Gasteiger partial charge in [-0.05, 0) is 6.92 Å². The first kappa shape index (κ1) is 12.0. The van der Waals surface area contributed by atoms with Crippen LogP contribution in [0.2, 0.25) is 0 Å². The van der Waals surface area contributed by atoms with Gasteiger partial charge in [0, 0.05) is 13.1 Å². The monoisotopic (exact) mass is 205 g/mol. The first-order valence-corrected chi connectivity index (χ1v) is 3.43. The van der Waals surface area contributed by atoms with Gasteiger partial charge in [-0.25, -0.2) is 0 Å². The normalized spacial score (nSPS) is 21.0. The molecule has 1 atom stereocenters. The van der Waals surface area contributed by atoms with Crippen LogP contribution in [0.3, 0.4) is 0 Å². The lowest BCUT2D eigenvalue weighted by molar-refractivity contribution is -0.230. The van der Waals surface area contributed by atoms with Crippen LogP contribution in [0.5, 0.6) is 0 Å². The highest BCUT2D eigenvalue weighted by molar-refractivity contribution is 5.85. The van der Waals surface area contributed by atoms with Gasteiger partial charge in [-0.2, -0.15) is 13.2 Å². The largest absolute Gasteiger partial charge is 0.414 e. The molecule has 6 heteroatoms. The van der Waals surface area contributed by atoms with Crippen LogP contribution in [-0.4, -0.2) is 31.5 Å². The molecule has 0 spiro atoms. The van der Waals surface area contributed by atoms with Crippen molar-refractivity contribution >= 4 is 12.4 Å². The van der Waals surface area contributed by atoms with E-state index in [1.54, 1.807) is 0 Å². The molecule has 0 aromatic carbocycles. The number of ether oxygens (including phenoxy) is 1. The van der Waals surface area contributed by atoms with Crippen molar-refractivity contribution in [3.63, 3.8) is 0 Å². The molecular formula is C6H11ClF3NO. The summed E-state index contributed by atoms with van der Waals surface area (Å²) in [5.74, 6) is 0. The zero-order valence-electron chi connectivity index (χ0n) is 6.52. The van der Waals surface area contributed by atoms with Gasteiger partial charge >= 0.3 is 6.18 Å².